The molecule has 0 bridgehead atoms. The molecule has 41 heavy (non-hydrogen) atoms. The third-order valence-electron chi connectivity index (χ3n) is 6.74. The minimum atomic E-state index is -0.601. The second-order valence-corrected chi connectivity index (χ2v) is 10.1. The number of ether oxygens (including phenoxy) is 1. The highest BCUT2D eigenvalue weighted by Crippen LogP contribution is 2.30. The van der Waals surface area contributed by atoms with E-state index in [-0.39, 0.29) is 11.7 Å². The van der Waals surface area contributed by atoms with Crippen LogP contribution in [0.25, 0.3) is 33.6 Å². The Hall–Kier alpha value is -4.79. The summed E-state index contributed by atoms with van der Waals surface area (Å²) in [5.41, 5.74) is 5.57. The fraction of sp³-hybridized carbons (Fsp3) is 0.281. The third-order valence-corrected chi connectivity index (χ3v) is 6.74. The summed E-state index contributed by atoms with van der Waals surface area (Å²) in [7, 11) is 0. The minimum Gasteiger partial charge on any atom is -0.475 e. The van der Waals surface area contributed by atoms with Gasteiger partial charge in [-0.25, -0.2) is 14.8 Å². The zero-order valence-electron chi connectivity index (χ0n) is 23.7. The van der Waals surface area contributed by atoms with Crippen molar-refractivity contribution in [1.29, 1.82) is 0 Å². The predicted octanol–water partition coefficient (Wildman–Crippen LogP) is 5.67. The molecule has 0 radical (unpaired) electrons. The fourth-order valence-corrected chi connectivity index (χ4v) is 4.87. The van der Waals surface area contributed by atoms with Crippen LogP contribution < -0.4 is 16.1 Å². The lowest BCUT2D eigenvalue weighted by Crippen LogP contribution is -2.29. The lowest BCUT2D eigenvalue weighted by molar-refractivity contribution is 0.232. The smallest absolute Gasteiger partial charge is 0.439 e. The number of aromatic nitrogens is 5. The molecule has 0 saturated carbocycles. The number of nitrogens with zero attached hydrogens (tertiary/aromatic N) is 4. The highest BCUT2D eigenvalue weighted by molar-refractivity contribution is 5.80. The highest BCUT2D eigenvalue weighted by atomic mass is 16.5. The van der Waals surface area contributed by atoms with E-state index in [2.05, 4.69) is 22.0 Å². The van der Waals surface area contributed by atoms with Crippen LogP contribution in [-0.4, -0.2) is 30.8 Å². The van der Waals surface area contributed by atoms with Crippen molar-refractivity contribution >= 4 is 0 Å². The number of aryl methyl sites for hydroxylation is 2. The first-order chi connectivity index (χ1) is 19.9. The molecule has 3 heterocycles. The summed E-state index contributed by atoms with van der Waals surface area (Å²) >= 11 is 0. The number of rotatable bonds is 10. The Morgan fingerprint density at radius 1 is 0.951 bits per heavy atom. The molecule has 2 aromatic carbocycles. The van der Waals surface area contributed by atoms with Crippen LogP contribution in [0.15, 0.2) is 81.0 Å². The van der Waals surface area contributed by atoms with Crippen LogP contribution in [0.2, 0.25) is 0 Å². The van der Waals surface area contributed by atoms with E-state index in [1.54, 1.807) is 16.8 Å². The Bertz CT molecular complexity index is 1750. The minimum absolute atomic E-state index is 0.0120. The van der Waals surface area contributed by atoms with E-state index in [1.807, 2.05) is 75.4 Å². The van der Waals surface area contributed by atoms with E-state index in [1.165, 1.54) is 0 Å². The Balaban J connectivity index is 1.51. The molecule has 5 rings (SSSR count). The number of nitrogens with one attached hydrogen (secondary N) is 1. The number of pyridine rings is 1. The number of hydrogen-bond donors (Lipinski definition) is 1. The van der Waals surface area contributed by atoms with Gasteiger partial charge in [0.05, 0.1) is 23.9 Å². The fourth-order valence-electron chi connectivity index (χ4n) is 4.87. The van der Waals surface area contributed by atoms with Crippen LogP contribution in [0, 0.1) is 0 Å². The van der Waals surface area contributed by atoms with Gasteiger partial charge >= 0.3 is 5.76 Å². The maximum absolute atomic E-state index is 14.0. The normalized spacial score (nSPS) is 11.2. The Morgan fingerprint density at radius 2 is 1.68 bits per heavy atom. The summed E-state index contributed by atoms with van der Waals surface area (Å²) in [6.45, 7) is 8.38. The van der Waals surface area contributed by atoms with Gasteiger partial charge in [0, 0.05) is 29.8 Å². The van der Waals surface area contributed by atoms with Gasteiger partial charge in [-0.1, -0.05) is 67.5 Å². The van der Waals surface area contributed by atoms with Crippen molar-refractivity contribution in [3.63, 3.8) is 0 Å². The molecule has 0 fully saturated rings. The number of aromatic amines is 1. The van der Waals surface area contributed by atoms with E-state index in [4.69, 9.17) is 14.2 Å². The topological polar surface area (TPSA) is 116 Å². The van der Waals surface area contributed by atoms with Gasteiger partial charge in [0.15, 0.2) is 5.82 Å². The average Bonchev–Trinajstić information content (AvgIpc) is 3.41. The summed E-state index contributed by atoms with van der Waals surface area (Å²) in [4.78, 5) is 37.5. The summed E-state index contributed by atoms with van der Waals surface area (Å²) in [6.07, 6.45) is 3.91. The van der Waals surface area contributed by atoms with Gasteiger partial charge in [-0.2, -0.15) is 0 Å². The SMILES string of the molecule is CCCc1nc(CC)c(-c2ccc(OC(C)C)nc2)c(=O)n1Cc1ccc(-c2ccccc2-c2noc(=O)[nH]2)cc1. The van der Waals surface area contributed by atoms with E-state index in [0.29, 0.717) is 36.7 Å². The molecule has 0 unspecified atom stereocenters. The zero-order valence-corrected chi connectivity index (χ0v) is 23.7. The first-order valence-electron chi connectivity index (χ1n) is 13.9. The number of hydrogen-bond acceptors (Lipinski definition) is 7. The van der Waals surface area contributed by atoms with Crippen molar-refractivity contribution in [1.82, 2.24) is 24.7 Å². The van der Waals surface area contributed by atoms with Gasteiger partial charge in [0.25, 0.3) is 5.56 Å². The van der Waals surface area contributed by atoms with Crippen LogP contribution in [-0.2, 0) is 19.4 Å². The van der Waals surface area contributed by atoms with Crippen molar-refractivity contribution in [2.24, 2.45) is 0 Å². The van der Waals surface area contributed by atoms with Crippen LogP contribution in [0.1, 0.15) is 51.2 Å². The molecule has 210 valence electrons. The van der Waals surface area contributed by atoms with Crippen LogP contribution in [0.3, 0.4) is 0 Å². The monoisotopic (exact) mass is 551 g/mol. The van der Waals surface area contributed by atoms with E-state index in [0.717, 1.165) is 45.8 Å². The summed E-state index contributed by atoms with van der Waals surface area (Å²) in [5, 5.41) is 3.85. The van der Waals surface area contributed by atoms with Gasteiger partial charge < -0.3 is 4.74 Å². The molecule has 0 amide bonds. The van der Waals surface area contributed by atoms with Crippen molar-refractivity contribution in [2.45, 2.75) is 59.6 Å². The van der Waals surface area contributed by atoms with E-state index >= 15 is 0 Å². The number of benzene rings is 2. The quantitative estimate of drug-likeness (QED) is 0.238. The Kier molecular flexibility index (Phi) is 8.24. The third kappa shape index (κ3) is 6.04. The van der Waals surface area contributed by atoms with Crippen LogP contribution in [0.4, 0.5) is 0 Å². The highest BCUT2D eigenvalue weighted by Gasteiger charge is 2.18. The molecular formula is C32H33N5O4. The first kappa shape index (κ1) is 27.8. The average molecular weight is 552 g/mol. The van der Waals surface area contributed by atoms with Gasteiger partial charge in [0.1, 0.15) is 5.82 Å². The van der Waals surface area contributed by atoms with Crippen molar-refractivity contribution in [2.75, 3.05) is 0 Å². The molecule has 9 heteroatoms. The maximum atomic E-state index is 14.0. The second-order valence-electron chi connectivity index (χ2n) is 10.1. The summed E-state index contributed by atoms with van der Waals surface area (Å²) < 4.78 is 12.2. The molecule has 0 atom stereocenters. The molecule has 9 nitrogen and oxygen atoms in total. The van der Waals surface area contributed by atoms with Gasteiger partial charge in [-0.05, 0) is 49.4 Å². The Labute approximate surface area is 237 Å². The van der Waals surface area contributed by atoms with Crippen molar-refractivity contribution in [3.8, 4) is 39.5 Å². The molecule has 1 N–H and O–H groups in total. The number of H-pyrrole nitrogens is 1. The van der Waals surface area contributed by atoms with Gasteiger partial charge in [-0.3, -0.25) is 18.9 Å². The lowest BCUT2D eigenvalue weighted by atomic mass is 9.98. The van der Waals surface area contributed by atoms with E-state index in [9.17, 15) is 9.59 Å². The first-order valence-corrected chi connectivity index (χ1v) is 13.9. The largest absolute Gasteiger partial charge is 0.475 e. The maximum Gasteiger partial charge on any atom is 0.439 e. The molecule has 0 saturated heterocycles. The van der Waals surface area contributed by atoms with Gasteiger partial charge in [-0.15, -0.1) is 0 Å². The molecule has 0 aliphatic carbocycles. The summed E-state index contributed by atoms with van der Waals surface area (Å²) in [5.74, 6) is 1.07. The van der Waals surface area contributed by atoms with Gasteiger partial charge in [0.2, 0.25) is 5.88 Å². The second kappa shape index (κ2) is 12.2. The predicted molar refractivity (Wildman–Crippen MR) is 158 cm³/mol. The molecule has 0 aliphatic rings. The molecule has 0 aliphatic heterocycles. The molecular weight excluding hydrogens is 518 g/mol. The van der Waals surface area contributed by atoms with Crippen LogP contribution in [0.5, 0.6) is 5.88 Å². The molecule has 5 aromatic rings. The van der Waals surface area contributed by atoms with Crippen molar-refractivity contribution < 1.29 is 9.26 Å². The lowest BCUT2D eigenvalue weighted by Gasteiger charge is -2.17. The zero-order chi connectivity index (χ0) is 28.9. The van der Waals surface area contributed by atoms with Crippen molar-refractivity contribution in [3.05, 3.63) is 105 Å². The summed E-state index contributed by atoms with van der Waals surface area (Å²) in [6, 6.07) is 19.3. The van der Waals surface area contributed by atoms with Crippen LogP contribution >= 0.6 is 0 Å². The molecule has 3 aromatic heterocycles. The van der Waals surface area contributed by atoms with E-state index < -0.39 is 5.76 Å². The molecule has 0 spiro atoms. The Morgan fingerprint density at radius 3 is 2.29 bits per heavy atom. The standard InChI is InChI=1S/C32H33N5O4/c1-5-9-27-34-26(6-2)29(23-16-17-28(33-18-23)40-20(3)4)31(38)37(27)19-21-12-14-22(15-13-21)24-10-7-8-11-25(24)30-35-32(39)41-36-30/h7-8,10-18,20H,5-6,9,19H2,1-4H3,(H,35,36,39).